The molecule has 1 saturated heterocycles. The molecule has 0 spiro atoms. The van der Waals surface area contributed by atoms with Crippen molar-refractivity contribution < 1.29 is 12.8 Å². The summed E-state index contributed by atoms with van der Waals surface area (Å²) in [5.41, 5.74) is 0.977. The molecule has 0 bridgehead atoms. The highest BCUT2D eigenvalue weighted by molar-refractivity contribution is 7.86. The van der Waals surface area contributed by atoms with Crippen LogP contribution < -0.4 is 0 Å². The lowest BCUT2D eigenvalue weighted by molar-refractivity contribution is 0.400. The molecule has 1 aromatic carbocycles. The van der Waals surface area contributed by atoms with E-state index in [0.717, 1.165) is 11.3 Å². The molecule has 0 unspecified atom stereocenters. The van der Waals surface area contributed by atoms with Crippen LogP contribution in [0.4, 0.5) is 0 Å². The number of hydrogen-bond acceptors (Lipinski definition) is 4. The summed E-state index contributed by atoms with van der Waals surface area (Å²) in [7, 11) is -0.311. The Morgan fingerprint density at radius 1 is 1.38 bits per heavy atom. The molecule has 1 aliphatic heterocycles. The summed E-state index contributed by atoms with van der Waals surface area (Å²) in [6.07, 6.45) is 2.97. The Morgan fingerprint density at radius 3 is 2.83 bits per heavy atom. The van der Waals surface area contributed by atoms with E-state index in [2.05, 4.69) is 4.98 Å². The van der Waals surface area contributed by atoms with Crippen LogP contribution in [-0.2, 0) is 16.6 Å². The monoisotopic (exact) mass is 369 g/mol. The molecule has 0 N–H and O–H groups in total. The zero-order valence-electron chi connectivity index (χ0n) is 13.6. The molecule has 0 radical (unpaired) electrons. The molecule has 2 aromatic rings. The number of oxazole rings is 1. The molecular weight excluding hydrogens is 350 g/mol. The lowest BCUT2D eigenvalue weighted by Gasteiger charge is -2.20. The van der Waals surface area contributed by atoms with E-state index in [1.165, 1.54) is 22.7 Å². The predicted molar refractivity (Wildman–Crippen MR) is 92.3 cm³/mol. The van der Waals surface area contributed by atoms with Crippen molar-refractivity contribution in [3.63, 3.8) is 0 Å². The lowest BCUT2D eigenvalue weighted by atomic mass is 10.1. The maximum Gasteiger partial charge on any atom is 0.281 e. The van der Waals surface area contributed by atoms with Crippen LogP contribution in [0.5, 0.6) is 0 Å². The highest BCUT2D eigenvalue weighted by Crippen LogP contribution is 2.30. The molecule has 3 rings (SSSR count). The molecule has 2 heterocycles. The molecule has 1 aliphatic rings. The molecule has 24 heavy (non-hydrogen) atoms. The summed E-state index contributed by atoms with van der Waals surface area (Å²) in [4.78, 5) is 4.34. The summed E-state index contributed by atoms with van der Waals surface area (Å²) < 4.78 is 32.9. The average Bonchev–Trinajstić information content (AvgIpc) is 3.18. The number of hydrogen-bond donors (Lipinski definition) is 0. The Labute approximate surface area is 147 Å². The highest BCUT2D eigenvalue weighted by Gasteiger charge is 2.35. The number of halogens is 1. The van der Waals surface area contributed by atoms with Gasteiger partial charge in [-0.05, 0) is 18.1 Å². The van der Waals surface area contributed by atoms with Gasteiger partial charge in [-0.3, -0.25) is 0 Å². The van der Waals surface area contributed by atoms with E-state index in [-0.39, 0.29) is 5.92 Å². The molecule has 1 fully saturated rings. The normalized spacial score (nSPS) is 19.2. The second-order valence-electron chi connectivity index (χ2n) is 6.07. The first-order valence-corrected chi connectivity index (χ1v) is 9.51. The van der Waals surface area contributed by atoms with Crippen molar-refractivity contribution >= 4 is 21.8 Å². The van der Waals surface area contributed by atoms with E-state index in [9.17, 15) is 8.42 Å². The van der Waals surface area contributed by atoms with Gasteiger partial charge in [0, 0.05) is 38.6 Å². The first-order chi connectivity index (χ1) is 11.4. The van der Waals surface area contributed by atoms with E-state index in [1.807, 2.05) is 24.3 Å². The number of benzene rings is 1. The van der Waals surface area contributed by atoms with Crippen molar-refractivity contribution in [1.82, 2.24) is 13.6 Å². The zero-order valence-corrected chi connectivity index (χ0v) is 15.2. The summed E-state index contributed by atoms with van der Waals surface area (Å²) in [6, 6.07) is 7.61. The fourth-order valence-electron chi connectivity index (χ4n) is 2.79. The minimum absolute atomic E-state index is 0.0141. The SMILES string of the molecule is CN(C)S(=O)(=O)N1CC[C@H](c2ncc(Cc3ccccc3Cl)o2)C1. The van der Waals surface area contributed by atoms with Crippen LogP contribution in [0.2, 0.25) is 5.02 Å². The first kappa shape index (κ1) is 17.4. The van der Waals surface area contributed by atoms with Gasteiger partial charge in [0.2, 0.25) is 0 Å². The van der Waals surface area contributed by atoms with Crippen LogP contribution in [0.15, 0.2) is 34.9 Å². The molecule has 0 aliphatic carbocycles. The van der Waals surface area contributed by atoms with E-state index in [1.54, 1.807) is 6.20 Å². The molecule has 0 saturated carbocycles. The Hall–Kier alpha value is -1.41. The maximum absolute atomic E-state index is 12.2. The van der Waals surface area contributed by atoms with Crippen LogP contribution in [0.25, 0.3) is 0 Å². The second-order valence-corrected chi connectivity index (χ2v) is 8.62. The highest BCUT2D eigenvalue weighted by atomic mass is 35.5. The van der Waals surface area contributed by atoms with Crippen molar-refractivity contribution in [3.8, 4) is 0 Å². The minimum Gasteiger partial charge on any atom is -0.445 e. The Bertz CT molecular complexity index is 819. The molecule has 1 atom stereocenters. The lowest BCUT2D eigenvalue weighted by Crippen LogP contribution is -2.38. The Morgan fingerprint density at radius 2 is 2.12 bits per heavy atom. The van der Waals surface area contributed by atoms with Crippen LogP contribution >= 0.6 is 11.6 Å². The molecule has 1 aromatic heterocycles. The number of rotatable bonds is 5. The number of nitrogens with zero attached hydrogens (tertiary/aromatic N) is 3. The first-order valence-electron chi connectivity index (χ1n) is 7.73. The van der Waals surface area contributed by atoms with E-state index in [4.69, 9.17) is 16.0 Å². The topological polar surface area (TPSA) is 66.7 Å². The van der Waals surface area contributed by atoms with E-state index >= 15 is 0 Å². The van der Waals surface area contributed by atoms with E-state index in [0.29, 0.717) is 36.8 Å². The predicted octanol–water partition coefficient (Wildman–Crippen LogP) is 2.51. The van der Waals surface area contributed by atoms with Crippen molar-refractivity contribution in [2.45, 2.75) is 18.8 Å². The average molecular weight is 370 g/mol. The van der Waals surface area contributed by atoms with Crippen LogP contribution in [-0.4, -0.2) is 49.2 Å². The van der Waals surface area contributed by atoms with Crippen LogP contribution in [0.1, 0.15) is 29.6 Å². The molecular formula is C16H20ClN3O3S. The van der Waals surface area contributed by atoms with Gasteiger partial charge < -0.3 is 4.42 Å². The maximum atomic E-state index is 12.2. The van der Waals surface area contributed by atoms with E-state index < -0.39 is 10.2 Å². The van der Waals surface area contributed by atoms with Gasteiger partial charge in [0.15, 0.2) is 5.89 Å². The van der Waals surface area contributed by atoms with Gasteiger partial charge in [0.1, 0.15) is 5.76 Å². The summed E-state index contributed by atoms with van der Waals surface area (Å²) in [6.45, 7) is 0.875. The molecule has 8 heteroatoms. The van der Waals surface area contributed by atoms with Crippen LogP contribution in [0, 0.1) is 0 Å². The van der Waals surface area contributed by atoms with Gasteiger partial charge in [-0.1, -0.05) is 29.8 Å². The van der Waals surface area contributed by atoms with Crippen molar-refractivity contribution in [3.05, 3.63) is 52.7 Å². The minimum atomic E-state index is -3.39. The molecule has 0 amide bonds. The Balaban J connectivity index is 1.70. The molecule has 130 valence electrons. The van der Waals surface area contributed by atoms with Gasteiger partial charge >= 0.3 is 0 Å². The van der Waals surface area contributed by atoms with Gasteiger partial charge in [-0.15, -0.1) is 0 Å². The summed E-state index contributed by atoms with van der Waals surface area (Å²) in [5.74, 6) is 1.31. The quantitative estimate of drug-likeness (QED) is 0.812. The van der Waals surface area contributed by atoms with Gasteiger partial charge in [0.05, 0.1) is 12.1 Å². The summed E-state index contributed by atoms with van der Waals surface area (Å²) >= 11 is 6.17. The fraction of sp³-hybridized carbons (Fsp3) is 0.438. The zero-order chi connectivity index (χ0) is 17.3. The summed E-state index contributed by atoms with van der Waals surface area (Å²) in [5, 5.41) is 0.694. The molecule has 6 nitrogen and oxygen atoms in total. The van der Waals surface area contributed by atoms with Crippen molar-refractivity contribution in [2.24, 2.45) is 0 Å². The van der Waals surface area contributed by atoms with Gasteiger partial charge in [0.25, 0.3) is 10.2 Å². The van der Waals surface area contributed by atoms with Crippen LogP contribution in [0.3, 0.4) is 0 Å². The van der Waals surface area contributed by atoms with Crippen molar-refractivity contribution in [1.29, 1.82) is 0 Å². The third kappa shape index (κ3) is 3.49. The standard InChI is InChI=1S/C16H20ClN3O3S/c1-19(2)24(21,22)20-8-7-13(11-20)16-18-10-14(23-16)9-12-5-3-4-6-15(12)17/h3-6,10,13H,7-9,11H2,1-2H3/t13-/m0/s1. The third-order valence-electron chi connectivity index (χ3n) is 4.18. The van der Waals surface area contributed by atoms with Gasteiger partial charge in [-0.25, -0.2) is 4.98 Å². The Kier molecular flexibility index (Phi) is 4.96. The van der Waals surface area contributed by atoms with Crippen molar-refractivity contribution in [2.75, 3.05) is 27.2 Å². The smallest absolute Gasteiger partial charge is 0.281 e. The largest absolute Gasteiger partial charge is 0.445 e. The van der Waals surface area contributed by atoms with Gasteiger partial charge in [-0.2, -0.15) is 17.0 Å². The second kappa shape index (κ2) is 6.84. The number of aromatic nitrogens is 1. The fourth-order valence-corrected chi connectivity index (χ4v) is 4.16. The third-order valence-corrected chi connectivity index (χ3v) is 6.46.